The summed E-state index contributed by atoms with van der Waals surface area (Å²) in [7, 11) is 0. The number of amides is 2. The maximum absolute atomic E-state index is 13.4. The third-order valence-corrected chi connectivity index (χ3v) is 6.54. The molecule has 5 rings (SSSR count). The van der Waals surface area contributed by atoms with Crippen LogP contribution in [0.5, 0.6) is 0 Å². The highest BCUT2D eigenvalue weighted by Crippen LogP contribution is 2.42. The highest BCUT2D eigenvalue weighted by atomic mass is 16.5. The molecule has 3 aliphatic rings. The van der Waals surface area contributed by atoms with E-state index in [1.54, 1.807) is 12.1 Å². The average molecular weight is 438 g/mol. The van der Waals surface area contributed by atoms with Crippen molar-refractivity contribution in [2.45, 2.75) is 63.5 Å². The van der Waals surface area contributed by atoms with Gasteiger partial charge >= 0.3 is 0 Å². The van der Waals surface area contributed by atoms with Gasteiger partial charge in [-0.15, -0.1) is 0 Å². The molecule has 32 heavy (non-hydrogen) atoms. The fourth-order valence-electron chi connectivity index (χ4n) is 5.02. The van der Waals surface area contributed by atoms with Crippen molar-refractivity contribution in [3.05, 3.63) is 40.5 Å². The van der Waals surface area contributed by atoms with Gasteiger partial charge in [-0.2, -0.15) is 4.98 Å². The second-order valence-corrected chi connectivity index (χ2v) is 8.73. The molecule has 2 aromatic rings. The van der Waals surface area contributed by atoms with Gasteiger partial charge in [0.2, 0.25) is 5.82 Å². The molecule has 1 saturated carbocycles. The molecule has 1 atom stereocenters. The van der Waals surface area contributed by atoms with Crippen molar-refractivity contribution in [1.82, 2.24) is 15.3 Å². The SMILES string of the molecule is Cc1cc(Nc2cc(NC(=O)C3CCCO3)ncn2)[n+]([O-])c2c1C(=O)NC21CCCCC1. The molecule has 168 valence electrons. The number of hydrogen-bond donors (Lipinski definition) is 3. The minimum atomic E-state index is -0.610. The summed E-state index contributed by atoms with van der Waals surface area (Å²) in [6, 6.07) is 3.22. The summed E-state index contributed by atoms with van der Waals surface area (Å²) in [5.74, 6) is 0.526. The van der Waals surface area contributed by atoms with Crippen LogP contribution in [-0.2, 0) is 15.1 Å². The zero-order valence-corrected chi connectivity index (χ0v) is 17.9. The standard InChI is InChI=1S/C22H26N6O4/c1-13-10-17(28(31)19-18(13)21(30)27-22(19)7-3-2-4-8-22)25-15-11-16(24-12-23-15)26-20(29)14-6-5-9-32-14/h10-12,14H,2-9H2,1H3,(H,27,30)(H2,23,24,25,26,29). The van der Waals surface area contributed by atoms with Crippen molar-refractivity contribution in [2.24, 2.45) is 0 Å². The largest absolute Gasteiger partial charge is 0.710 e. The van der Waals surface area contributed by atoms with Gasteiger partial charge in [-0.3, -0.25) is 9.59 Å². The number of nitrogens with zero attached hydrogens (tertiary/aromatic N) is 3. The third kappa shape index (κ3) is 3.54. The van der Waals surface area contributed by atoms with E-state index in [1.165, 1.54) is 6.33 Å². The molecule has 0 aromatic carbocycles. The summed E-state index contributed by atoms with van der Waals surface area (Å²) in [5.41, 5.74) is 1.09. The van der Waals surface area contributed by atoms with Crippen LogP contribution in [-0.4, -0.2) is 34.5 Å². The molecule has 2 fully saturated rings. The molecule has 2 amide bonds. The van der Waals surface area contributed by atoms with Crippen molar-refractivity contribution in [3.8, 4) is 0 Å². The molecule has 10 heteroatoms. The second kappa shape index (κ2) is 8.01. The lowest BCUT2D eigenvalue weighted by atomic mass is 9.79. The lowest BCUT2D eigenvalue weighted by molar-refractivity contribution is -0.603. The third-order valence-electron chi connectivity index (χ3n) is 6.54. The molecular weight excluding hydrogens is 412 g/mol. The van der Waals surface area contributed by atoms with E-state index in [9.17, 15) is 14.8 Å². The lowest BCUT2D eigenvalue weighted by Crippen LogP contribution is -2.49. The Morgan fingerprint density at radius 2 is 2.00 bits per heavy atom. The summed E-state index contributed by atoms with van der Waals surface area (Å²) in [5, 5.41) is 22.3. The van der Waals surface area contributed by atoms with Crippen molar-refractivity contribution < 1.29 is 19.1 Å². The molecule has 1 unspecified atom stereocenters. The molecule has 1 spiro atoms. The second-order valence-electron chi connectivity index (χ2n) is 8.73. The van der Waals surface area contributed by atoms with Gasteiger partial charge in [0.1, 0.15) is 29.5 Å². The van der Waals surface area contributed by atoms with Crippen LogP contribution in [0.4, 0.5) is 17.5 Å². The van der Waals surface area contributed by atoms with Crippen LogP contribution >= 0.6 is 0 Å². The van der Waals surface area contributed by atoms with Gasteiger partial charge in [-0.25, -0.2) is 15.0 Å². The Morgan fingerprint density at radius 3 is 2.75 bits per heavy atom. The van der Waals surface area contributed by atoms with Crippen LogP contribution in [0, 0.1) is 12.1 Å². The van der Waals surface area contributed by atoms with Crippen LogP contribution < -0.4 is 20.7 Å². The molecule has 3 N–H and O–H groups in total. The molecule has 2 aliphatic heterocycles. The normalized spacial score (nSPS) is 21.3. The molecule has 1 saturated heterocycles. The summed E-state index contributed by atoms with van der Waals surface area (Å²) in [6.07, 6.45) is 6.93. The topological polar surface area (TPSA) is 132 Å². The molecular formula is C22H26N6O4. The number of nitrogens with one attached hydrogen (secondary N) is 3. The quantitative estimate of drug-likeness (QED) is 0.492. The van der Waals surface area contributed by atoms with Crippen molar-refractivity contribution in [1.29, 1.82) is 0 Å². The summed E-state index contributed by atoms with van der Waals surface area (Å²) in [6.45, 7) is 2.41. The molecule has 4 heterocycles. The predicted octanol–water partition coefficient (Wildman–Crippen LogP) is 2.18. The van der Waals surface area contributed by atoms with Gasteiger partial charge < -0.3 is 20.6 Å². The monoisotopic (exact) mass is 438 g/mol. The van der Waals surface area contributed by atoms with Gasteiger partial charge in [0.15, 0.2) is 0 Å². The molecule has 0 bridgehead atoms. The number of carbonyl (C=O) groups is 2. The number of fused-ring (bicyclic) bond motifs is 2. The molecule has 0 radical (unpaired) electrons. The van der Waals surface area contributed by atoms with Crippen LogP contribution in [0.25, 0.3) is 0 Å². The van der Waals surface area contributed by atoms with Gasteiger partial charge in [0.25, 0.3) is 17.6 Å². The summed E-state index contributed by atoms with van der Waals surface area (Å²) >= 11 is 0. The summed E-state index contributed by atoms with van der Waals surface area (Å²) in [4.78, 5) is 33.3. The molecule has 10 nitrogen and oxygen atoms in total. The Bertz CT molecular complexity index is 1080. The van der Waals surface area contributed by atoms with Crippen LogP contribution in [0.2, 0.25) is 0 Å². The number of hydrogen-bond acceptors (Lipinski definition) is 7. The first-order chi connectivity index (χ1) is 15.5. The van der Waals surface area contributed by atoms with Gasteiger partial charge in [0.05, 0.1) is 5.56 Å². The Hall–Kier alpha value is -3.27. The van der Waals surface area contributed by atoms with E-state index in [-0.39, 0.29) is 17.6 Å². The van der Waals surface area contributed by atoms with Crippen LogP contribution in [0.3, 0.4) is 0 Å². The van der Waals surface area contributed by atoms with E-state index in [0.29, 0.717) is 35.9 Å². The first-order valence-electron chi connectivity index (χ1n) is 11.1. The number of carbonyl (C=O) groups excluding carboxylic acids is 2. The number of pyridine rings is 1. The number of aryl methyl sites for hydroxylation is 1. The summed E-state index contributed by atoms with van der Waals surface area (Å²) < 4.78 is 6.22. The smallest absolute Gasteiger partial charge is 0.284 e. The van der Waals surface area contributed by atoms with E-state index in [4.69, 9.17) is 4.74 Å². The van der Waals surface area contributed by atoms with Crippen molar-refractivity contribution >= 4 is 29.3 Å². The van der Waals surface area contributed by atoms with E-state index in [2.05, 4.69) is 25.9 Å². The predicted molar refractivity (Wildman–Crippen MR) is 115 cm³/mol. The Kier molecular flexibility index (Phi) is 5.16. The number of ether oxygens (including phenoxy) is 1. The number of anilines is 3. The maximum atomic E-state index is 13.4. The zero-order valence-electron chi connectivity index (χ0n) is 17.9. The first-order valence-corrected chi connectivity index (χ1v) is 11.1. The Labute approximate surface area is 185 Å². The maximum Gasteiger partial charge on any atom is 0.284 e. The van der Waals surface area contributed by atoms with Gasteiger partial charge in [-0.05, 0) is 38.2 Å². The van der Waals surface area contributed by atoms with E-state index >= 15 is 0 Å². The van der Waals surface area contributed by atoms with Gasteiger partial charge in [0, 0.05) is 18.7 Å². The Morgan fingerprint density at radius 1 is 1.22 bits per heavy atom. The van der Waals surface area contributed by atoms with Crippen molar-refractivity contribution in [3.63, 3.8) is 0 Å². The average Bonchev–Trinajstić information content (AvgIpc) is 3.40. The van der Waals surface area contributed by atoms with E-state index < -0.39 is 11.6 Å². The first kappa shape index (κ1) is 20.6. The minimum absolute atomic E-state index is 0.184. The fourth-order valence-corrected chi connectivity index (χ4v) is 5.02. The Balaban J connectivity index is 1.43. The van der Waals surface area contributed by atoms with Gasteiger partial charge in [-0.1, -0.05) is 19.3 Å². The van der Waals surface area contributed by atoms with Crippen LogP contribution in [0.1, 0.15) is 66.6 Å². The lowest BCUT2D eigenvalue weighted by Gasteiger charge is -2.34. The highest BCUT2D eigenvalue weighted by molar-refractivity contribution is 6.00. The fraction of sp³-hybridized carbons (Fsp3) is 0.500. The number of aromatic nitrogens is 3. The highest BCUT2D eigenvalue weighted by Gasteiger charge is 2.48. The molecule has 1 aliphatic carbocycles. The van der Waals surface area contributed by atoms with Crippen LogP contribution in [0.15, 0.2) is 18.5 Å². The number of rotatable bonds is 4. The van der Waals surface area contributed by atoms with E-state index in [0.717, 1.165) is 48.8 Å². The zero-order chi connectivity index (χ0) is 22.3. The van der Waals surface area contributed by atoms with Crippen molar-refractivity contribution in [2.75, 3.05) is 17.2 Å². The van der Waals surface area contributed by atoms with E-state index in [1.807, 2.05) is 6.92 Å². The molecule has 2 aromatic heterocycles. The minimum Gasteiger partial charge on any atom is -0.710 e.